The van der Waals surface area contributed by atoms with Gasteiger partial charge in [-0.25, -0.2) is 12.8 Å². The fourth-order valence-corrected chi connectivity index (χ4v) is 5.31. The second-order valence-corrected chi connectivity index (χ2v) is 9.11. The summed E-state index contributed by atoms with van der Waals surface area (Å²) in [6, 6.07) is 7.29. The van der Waals surface area contributed by atoms with Crippen molar-refractivity contribution >= 4 is 33.2 Å². The van der Waals surface area contributed by atoms with Crippen molar-refractivity contribution in [2.45, 2.75) is 30.7 Å². The van der Waals surface area contributed by atoms with Gasteiger partial charge in [0.05, 0.1) is 10.6 Å². The molecule has 10 heteroatoms. The average Bonchev–Trinajstić information content (AvgIpc) is 3.20. The van der Waals surface area contributed by atoms with E-state index in [1.54, 1.807) is 6.92 Å². The summed E-state index contributed by atoms with van der Waals surface area (Å²) < 4.78 is 46.2. The summed E-state index contributed by atoms with van der Waals surface area (Å²) in [4.78, 5) is 24.3. The maximum Gasteiger partial charge on any atom is 0.262 e. The largest absolute Gasteiger partial charge is 0.482 e. The molecule has 2 aliphatic rings. The Morgan fingerprint density at radius 2 is 2.07 bits per heavy atom. The highest BCUT2D eigenvalue weighted by molar-refractivity contribution is 7.89. The number of ether oxygens (including phenoxy) is 1. The summed E-state index contributed by atoms with van der Waals surface area (Å²) in [6.07, 6.45) is 0.903. The molecule has 0 aromatic heterocycles. The van der Waals surface area contributed by atoms with Gasteiger partial charge in [-0.1, -0.05) is 0 Å². The maximum atomic E-state index is 13.3. The Kier molecular flexibility index (Phi) is 5.20. The van der Waals surface area contributed by atoms with Crippen LogP contribution in [0.2, 0.25) is 0 Å². The van der Waals surface area contributed by atoms with Crippen LogP contribution in [0.1, 0.15) is 18.4 Å². The number of rotatable bonds is 4. The molecule has 1 atom stereocenters. The number of hydrogen-bond acceptors (Lipinski definition) is 5. The zero-order chi connectivity index (χ0) is 21.5. The number of halogens is 1. The molecule has 2 amide bonds. The predicted octanol–water partition coefficient (Wildman–Crippen LogP) is 2.26. The topological polar surface area (TPSA) is 105 Å². The van der Waals surface area contributed by atoms with Crippen molar-refractivity contribution in [2.75, 3.05) is 23.8 Å². The maximum absolute atomic E-state index is 13.3. The lowest BCUT2D eigenvalue weighted by atomic mass is 10.1. The molecular weight excluding hydrogens is 413 g/mol. The fourth-order valence-electron chi connectivity index (χ4n) is 3.63. The van der Waals surface area contributed by atoms with Gasteiger partial charge < -0.3 is 15.4 Å². The summed E-state index contributed by atoms with van der Waals surface area (Å²) in [5.41, 5.74) is 1.25. The van der Waals surface area contributed by atoms with Gasteiger partial charge in [0.15, 0.2) is 6.61 Å². The van der Waals surface area contributed by atoms with E-state index < -0.39 is 27.8 Å². The molecule has 2 aromatic carbocycles. The number of fused-ring (bicyclic) bond motifs is 1. The third-order valence-electron chi connectivity index (χ3n) is 5.14. The minimum Gasteiger partial charge on any atom is -0.482 e. The number of sulfonamides is 1. The molecule has 30 heavy (non-hydrogen) atoms. The molecule has 8 nitrogen and oxygen atoms in total. The van der Waals surface area contributed by atoms with Crippen LogP contribution in [0.25, 0.3) is 0 Å². The third-order valence-corrected chi connectivity index (χ3v) is 7.05. The number of nitrogens with one attached hydrogen (secondary N) is 2. The summed E-state index contributed by atoms with van der Waals surface area (Å²) in [5.74, 6) is -0.874. The molecule has 0 saturated carbocycles. The number of hydrogen-bond donors (Lipinski definition) is 2. The van der Waals surface area contributed by atoms with Gasteiger partial charge in [-0.2, -0.15) is 4.31 Å². The highest BCUT2D eigenvalue weighted by Gasteiger charge is 2.40. The zero-order valence-electron chi connectivity index (χ0n) is 16.1. The third kappa shape index (κ3) is 3.75. The van der Waals surface area contributed by atoms with Crippen molar-refractivity contribution in [1.82, 2.24) is 4.31 Å². The Balaban J connectivity index is 1.58. The Hall–Kier alpha value is -2.98. The first-order chi connectivity index (χ1) is 14.3. The van der Waals surface area contributed by atoms with Crippen LogP contribution >= 0.6 is 0 Å². The molecule has 0 radical (unpaired) electrons. The number of carbonyl (C=O) groups excluding carboxylic acids is 2. The lowest BCUT2D eigenvalue weighted by Gasteiger charge is -2.25. The predicted molar refractivity (Wildman–Crippen MR) is 107 cm³/mol. The van der Waals surface area contributed by atoms with E-state index in [2.05, 4.69) is 10.6 Å². The molecule has 1 saturated heterocycles. The van der Waals surface area contributed by atoms with Crippen LogP contribution in [-0.2, 0) is 19.6 Å². The number of carbonyl (C=O) groups is 2. The average molecular weight is 433 g/mol. The number of benzene rings is 2. The molecule has 0 spiro atoms. The van der Waals surface area contributed by atoms with Gasteiger partial charge in [-0.15, -0.1) is 0 Å². The second-order valence-electron chi connectivity index (χ2n) is 7.22. The molecule has 2 heterocycles. The smallest absolute Gasteiger partial charge is 0.262 e. The van der Waals surface area contributed by atoms with Crippen LogP contribution in [0.4, 0.5) is 15.8 Å². The van der Waals surface area contributed by atoms with E-state index in [9.17, 15) is 22.4 Å². The van der Waals surface area contributed by atoms with Crippen LogP contribution in [0.15, 0.2) is 41.3 Å². The quantitative estimate of drug-likeness (QED) is 0.770. The SMILES string of the molecule is Cc1cc(F)ccc1NC(=O)[C@H]1CCCN1S(=O)(=O)c1ccc2c(c1)NC(=O)CO2. The van der Waals surface area contributed by atoms with Crippen molar-refractivity contribution < 1.29 is 27.1 Å². The molecule has 158 valence electrons. The molecule has 2 aliphatic heterocycles. The molecule has 2 N–H and O–H groups in total. The van der Waals surface area contributed by atoms with E-state index in [1.807, 2.05) is 0 Å². The van der Waals surface area contributed by atoms with E-state index in [0.29, 0.717) is 29.8 Å². The summed E-state index contributed by atoms with van der Waals surface area (Å²) in [7, 11) is -3.99. The molecule has 4 rings (SSSR count). The number of aryl methyl sites for hydroxylation is 1. The van der Waals surface area contributed by atoms with Crippen molar-refractivity contribution in [3.8, 4) is 5.75 Å². The van der Waals surface area contributed by atoms with Crippen molar-refractivity contribution in [1.29, 1.82) is 0 Å². The standard InChI is InChI=1S/C20H20FN3O5S/c1-12-9-13(21)4-6-15(12)23-20(26)17-3-2-8-24(17)30(27,28)14-5-7-18-16(10-14)22-19(25)11-29-18/h4-7,9-10,17H,2-3,8,11H2,1H3,(H,22,25)(H,23,26)/t17-/m1/s1. The minimum atomic E-state index is -3.99. The van der Waals surface area contributed by atoms with Crippen molar-refractivity contribution in [2.24, 2.45) is 0 Å². The summed E-state index contributed by atoms with van der Waals surface area (Å²) >= 11 is 0. The Labute approximate surface area is 173 Å². The van der Waals surface area contributed by atoms with E-state index in [4.69, 9.17) is 4.74 Å². The van der Waals surface area contributed by atoms with Crippen LogP contribution in [0, 0.1) is 12.7 Å². The Morgan fingerprint density at radius 1 is 1.27 bits per heavy atom. The lowest BCUT2D eigenvalue weighted by Crippen LogP contribution is -2.43. The monoisotopic (exact) mass is 433 g/mol. The van der Waals surface area contributed by atoms with E-state index in [0.717, 1.165) is 4.31 Å². The fraction of sp³-hybridized carbons (Fsp3) is 0.300. The van der Waals surface area contributed by atoms with Gasteiger partial charge in [0.25, 0.3) is 5.91 Å². The first-order valence-corrected chi connectivity index (χ1v) is 10.9. The molecule has 0 bridgehead atoms. The molecule has 0 unspecified atom stereocenters. The first kappa shape index (κ1) is 20.3. The minimum absolute atomic E-state index is 0.0373. The van der Waals surface area contributed by atoms with Crippen molar-refractivity contribution in [3.05, 3.63) is 47.8 Å². The van der Waals surface area contributed by atoms with Crippen molar-refractivity contribution in [3.63, 3.8) is 0 Å². The van der Waals surface area contributed by atoms with E-state index in [1.165, 1.54) is 36.4 Å². The van der Waals surface area contributed by atoms with Gasteiger partial charge in [-0.3, -0.25) is 9.59 Å². The summed E-state index contributed by atoms with van der Waals surface area (Å²) in [6.45, 7) is 1.73. The number of nitrogens with zero attached hydrogens (tertiary/aromatic N) is 1. The molecule has 1 fully saturated rings. The van der Waals surface area contributed by atoms with Gasteiger partial charge >= 0.3 is 0 Å². The Morgan fingerprint density at radius 3 is 2.83 bits per heavy atom. The van der Waals surface area contributed by atoms with Gasteiger partial charge in [0.2, 0.25) is 15.9 Å². The second kappa shape index (κ2) is 7.69. The van der Waals surface area contributed by atoms with E-state index in [-0.39, 0.29) is 29.6 Å². The van der Waals surface area contributed by atoms with Crippen LogP contribution in [0.3, 0.4) is 0 Å². The van der Waals surface area contributed by atoms with E-state index >= 15 is 0 Å². The van der Waals surface area contributed by atoms with Gasteiger partial charge in [-0.05, 0) is 61.7 Å². The number of anilines is 2. The molecule has 2 aromatic rings. The highest BCUT2D eigenvalue weighted by atomic mass is 32.2. The van der Waals surface area contributed by atoms with Gasteiger partial charge in [0, 0.05) is 12.2 Å². The first-order valence-electron chi connectivity index (χ1n) is 9.41. The summed E-state index contributed by atoms with van der Waals surface area (Å²) in [5, 5.41) is 5.28. The van der Waals surface area contributed by atoms with Crippen LogP contribution in [-0.4, -0.2) is 43.7 Å². The van der Waals surface area contributed by atoms with Crippen LogP contribution in [0.5, 0.6) is 5.75 Å². The molecular formula is C20H20FN3O5S. The zero-order valence-corrected chi connectivity index (χ0v) is 17.0. The van der Waals surface area contributed by atoms with Gasteiger partial charge in [0.1, 0.15) is 17.6 Å². The van der Waals surface area contributed by atoms with Crippen LogP contribution < -0.4 is 15.4 Å². The normalized spacial score (nSPS) is 19.0. The lowest BCUT2D eigenvalue weighted by molar-refractivity contribution is -0.119. The molecule has 0 aliphatic carbocycles. The highest BCUT2D eigenvalue weighted by Crippen LogP contribution is 2.33. The Bertz CT molecular complexity index is 1140. The number of amides is 2.